The molecule has 6 rings (SSSR count). The maximum absolute atomic E-state index is 12.4. The number of urea groups is 1. The van der Waals surface area contributed by atoms with Crippen molar-refractivity contribution >= 4 is 52.9 Å². The summed E-state index contributed by atoms with van der Waals surface area (Å²) in [5, 5.41) is 23.3. The van der Waals surface area contributed by atoms with Crippen LogP contribution in [0.5, 0.6) is 11.5 Å². The zero-order chi connectivity index (χ0) is 36.3. The summed E-state index contributed by atoms with van der Waals surface area (Å²) in [6.45, 7) is 2.48. The largest absolute Gasteiger partial charge is 0.493 e. The Balaban J connectivity index is 0.776. The van der Waals surface area contributed by atoms with Crippen molar-refractivity contribution < 1.29 is 33.3 Å². The van der Waals surface area contributed by atoms with Crippen LogP contribution in [0, 0.1) is 0 Å². The Bertz CT molecular complexity index is 1710. The van der Waals surface area contributed by atoms with E-state index >= 15 is 0 Å². The van der Waals surface area contributed by atoms with Gasteiger partial charge in [0.15, 0.2) is 17.3 Å². The summed E-state index contributed by atoms with van der Waals surface area (Å²) in [4.78, 5) is 37.0. The van der Waals surface area contributed by atoms with Crippen LogP contribution in [0.2, 0.25) is 0 Å². The molecule has 0 radical (unpaired) electrons. The van der Waals surface area contributed by atoms with Crippen LogP contribution in [0.4, 0.5) is 16.3 Å². The maximum atomic E-state index is 12.4. The van der Waals surface area contributed by atoms with Gasteiger partial charge in [-0.3, -0.25) is 14.7 Å². The van der Waals surface area contributed by atoms with Crippen molar-refractivity contribution in [3.8, 4) is 22.8 Å². The molecule has 4 amide bonds. The number of fused-ring (bicyclic) bond motifs is 4. The zero-order valence-electron chi connectivity index (χ0n) is 29.5. The van der Waals surface area contributed by atoms with E-state index in [9.17, 15) is 14.4 Å². The van der Waals surface area contributed by atoms with Crippen molar-refractivity contribution in [3.05, 3.63) is 47.5 Å². The Kier molecular flexibility index (Phi) is 13.4. The molecule has 2 saturated heterocycles. The van der Waals surface area contributed by atoms with Crippen LogP contribution in [-0.4, -0.2) is 111 Å². The molecule has 2 fully saturated rings. The van der Waals surface area contributed by atoms with E-state index in [4.69, 9.17) is 18.9 Å². The lowest BCUT2D eigenvalue weighted by atomic mass is 10.0. The molecule has 0 saturated carbocycles. The molecule has 52 heavy (non-hydrogen) atoms. The summed E-state index contributed by atoms with van der Waals surface area (Å²) in [7, 11) is 3.26. The summed E-state index contributed by atoms with van der Waals surface area (Å²) < 4.78 is 22.1. The van der Waals surface area contributed by atoms with E-state index in [-0.39, 0.29) is 35.7 Å². The van der Waals surface area contributed by atoms with Crippen LogP contribution in [0.3, 0.4) is 0 Å². The topological polar surface area (TPSA) is 177 Å². The number of unbranched alkanes of at least 4 members (excludes halogenated alkanes) is 1. The minimum atomic E-state index is -0.0710. The number of aromatic amines is 1. The van der Waals surface area contributed by atoms with Crippen LogP contribution >= 0.6 is 23.5 Å². The molecule has 3 atom stereocenters. The highest BCUT2D eigenvalue weighted by Gasteiger charge is 2.42. The van der Waals surface area contributed by atoms with Crippen molar-refractivity contribution in [1.82, 2.24) is 31.5 Å². The van der Waals surface area contributed by atoms with Gasteiger partial charge in [0.25, 0.3) is 0 Å². The van der Waals surface area contributed by atoms with Crippen molar-refractivity contribution in [2.45, 2.75) is 54.3 Å². The Morgan fingerprint density at radius 2 is 1.73 bits per heavy atom. The summed E-state index contributed by atoms with van der Waals surface area (Å²) >= 11 is 3.36. The molecular weight excluding hydrogens is 707 g/mol. The number of aromatic nitrogens is 2. The number of amides is 4. The molecule has 6 N–H and O–H groups in total. The molecule has 16 heteroatoms. The average Bonchev–Trinajstić information content (AvgIpc) is 3.91. The molecule has 2 aromatic carbocycles. The van der Waals surface area contributed by atoms with Gasteiger partial charge in [0.1, 0.15) is 0 Å². The predicted octanol–water partition coefficient (Wildman–Crippen LogP) is 3.83. The van der Waals surface area contributed by atoms with Crippen molar-refractivity contribution in [2.24, 2.45) is 0 Å². The lowest BCUT2D eigenvalue weighted by molar-refractivity contribution is -0.121. The van der Waals surface area contributed by atoms with Gasteiger partial charge < -0.3 is 45.5 Å². The third-order valence-corrected chi connectivity index (χ3v) is 11.7. The summed E-state index contributed by atoms with van der Waals surface area (Å²) in [6, 6.07) is 12.3. The number of H-pyrrole nitrogens is 1. The second-order valence-electron chi connectivity index (χ2n) is 12.7. The first-order valence-electron chi connectivity index (χ1n) is 17.6. The van der Waals surface area contributed by atoms with Crippen LogP contribution in [0.1, 0.15) is 36.8 Å². The van der Waals surface area contributed by atoms with Crippen LogP contribution in [-0.2, 0) is 25.5 Å². The third kappa shape index (κ3) is 9.85. The van der Waals surface area contributed by atoms with Gasteiger partial charge in [0, 0.05) is 58.6 Å². The highest BCUT2D eigenvalue weighted by Crippen LogP contribution is 2.44. The Hall–Kier alpha value is -4.12. The molecule has 3 heterocycles. The van der Waals surface area contributed by atoms with Gasteiger partial charge in [0.2, 0.25) is 11.8 Å². The van der Waals surface area contributed by atoms with Crippen molar-refractivity contribution in [1.29, 1.82) is 0 Å². The van der Waals surface area contributed by atoms with E-state index in [0.717, 1.165) is 70.2 Å². The fourth-order valence-electron chi connectivity index (χ4n) is 6.56. The SMILES string of the molecule is COc1cc2c(cc1OC)-c1[nH]nc(Nc3cccc(SCC(=O)NCCOCCOCCNC(=O)CCCCC4SCC5NC(=O)NC54)c3)c1C2. The number of nitrogens with one attached hydrogen (secondary N) is 6. The zero-order valence-corrected chi connectivity index (χ0v) is 31.1. The highest BCUT2D eigenvalue weighted by atomic mass is 32.2. The van der Waals surface area contributed by atoms with E-state index in [1.165, 1.54) is 11.8 Å². The number of nitrogens with zero attached hydrogens (tertiary/aromatic N) is 1. The normalized spacial score (nSPS) is 18.2. The predicted molar refractivity (Wildman–Crippen MR) is 202 cm³/mol. The summed E-state index contributed by atoms with van der Waals surface area (Å²) in [5.41, 5.74) is 5.13. The monoisotopic (exact) mass is 753 g/mol. The van der Waals surface area contributed by atoms with E-state index in [0.29, 0.717) is 62.7 Å². The highest BCUT2D eigenvalue weighted by molar-refractivity contribution is 8.00. The number of anilines is 2. The third-order valence-electron chi connectivity index (χ3n) is 9.17. The van der Waals surface area contributed by atoms with Gasteiger partial charge in [-0.1, -0.05) is 12.5 Å². The van der Waals surface area contributed by atoms with Gasteiger partial charge in [-0.25, -0.2) is 4.79 Å². The smallest absolute Gasteiger partial charge is 0.315 e. The molecule has 280 valence electrons. The maximum Gasteiger partial charge on any atom is 0.315 e. The number of benzene rings is 2. The Morgan fingerprint density at radius 3 is 2.52 bits per heavy atom. The number of carbonyl (C=O) groups excluding carboxylic acids is 3. The van der Waals surface area contributed by atoms with E-state index in [2.05, 4.69) is 36.8 Å². The van der Waals surface area contributed by atoms with Gasteiger partial charge in [-0.05, 0) is 48.7 Å². The molecule has 3 aromatic rings. The van der Waals surface area contributed by atoms with Gasteiger partial charge in [0.05, 0.1) is 64.2 Å². The first-order valence-corrected chi connectivity index (χ1v) is 19.6. The second-order valence-corrected chi connectivity index (χ2v) is 15.0. The number of thioether (sulfide) groups is 2. The minimum Gasteiger partial charge on any atom is -0.493 e. The molecule has 0 spiro atoms. The first-order chi connectivity index (χ1) is 25.4. The van der Waals surface area contributed by atoms with Crippen LogP contribution in [0.15, 0.2) is 41.3 Å². The first kappa shape index (κ1) is 37.6. The second kappa shape index (κ2) is 18.6. The molecule has 1 aliphatic carbocycles. The summed E-state index contributed by atoms with van der Waals surface area (Å²) in [6.07, 6.45) is 4.00. The van der Waals surface area contributed by atoms with Crippen molar-refractivity contribution in [3.63, 3.8) is 0 Å². The molecule has 3 unspecified atom stereocenters. The van der Waals surface area contributed by atoms with E-state index < -0.39 is 0 Å². The number of hydrogen-bond donors (Lipinski definition) is 6. The Morgan fingerprint density at radius 1 is 0.962 bits per heavy atom. The number of methoxy groups -OCH3 is 2. The lowest BCUT2D eigenvalue weighted by Crippen LogP contribution is -2.36. The number of hydrogen-bond acceptors (Lipinski definition) is 11. The fraction of sp³-hybridized carbons (Fsp3) is 0.500. The number of rotatable bonds is 21. The van der Waals surface area contributed by atoms with Gasteiger partial charge in [-0.15, -0.1) is 11.8 Å². The van der Waals surface area contributed by atoms with E-state index in [1.807, 2.05) is 48.2 Å². The fourth-order valence-corrected chi connectivity index (χ4v) is 8.89. The Labute approximate surface area is 312 Å². The molecule has 3 aliphatic rings. The number of ether oxygens (including phenoxy) is 4. The lowest BCUT2D eigenvalue weighted by Gasteiger charge is -2.16. The van der Waals surface area contributed by atoms with Crippen LogP contribution < -0.4 is 36.1 Å². The molecular formula is C36H47N7O7S2. The average molecular weight is 754 g/mol. The molecule has 1 aromatic heterocycles. The molecule has 2 aliphatic heterocycles. The van der Waals surface area contributed by atoms with Gasteiger partial charge >= 0.3 is 6.03 Å². The van der Waals surface area contributed by atoms with Crippen molar-refractivity contribution in [2.75, 3.05) is 70.6 Å². The molecule has 0 bridgehead atoms. The standard InChI is InChI=1S/C36H47N7O7S2/c1-47-28-17-22-16-26-33(25(22)19-29(28)48-2)42-43-35(26)39-23-6-5-7-24(18-23)51-21-32(45)38-11-13-50-15-14-49-12-10-37-31(44)9-4-3-8-30-34-27(20-52-30)40-36(46)41-34/h5-7,17-19,27,30,34H,3-4,8-16,20-21H2,1-2H3,(H,37,44)(H,38,45)(H2,39,42,43)(H2,40,41,46). The number of carbonyl (C=O) groups is 3. The van der Waals surface area contributed by atoms with Crippen LogP contribution in [0.25, 0.3) is 11.3 Å². The summed E-state index contributed by atoms with van der Waals surface area (Å²) in [5.74, 6) is 3.33. The molecule has 14 nitrogen and oxygen atoms in total. The van der Waals surface area contributed by atoms with Gasteiger partial charge in [-0.2, -0.15) is 16.9 Å². The quantitative estimate of drug-likeness (QED) is 0.0415. The van der Waals surface area contributed by atoms with E-state index in [1.54, 1.807) is 14.2 Å². The minimum absolute atomic E-state index is 0.0262.